The molecule has 1 amide bonds. The van der Waals surface area contributed by atoms with E-state index < -0.39 is 39.8 Å². The smallest absolute Gasteiger partial charge is 0.245 e. The molecule has 1 aliphatic heterocycles. The van der Waals surface area contributed by atoms with E-state index in [9.17, 15) is 22.0 Å². The molecule has 10 heteroatoms. The van der Waals surface area contributed by atoms with Gasteiger partial charge in [-0.05, 0) is 24.3 Å². The van der Waals surface area contributed by atoms with Crippen molar-refractivity contribution in [3.8, 4) is 11.5 Å². The van der Waals surface area contributed by atoms with E-state index in [0.29, 0.717) is 21.5 Å². The van der Waals surface area contributed by atoms with E-state index in [0.717, 1.165) is 24.5 Å². The van der Waals surface area contributed by atoms with Crippen LogP contribution in [0.15, 0.2) is 36.4 Å². The van der Waals surface area contributed by atoms with Crippen molar-refractivity contribution in [1.82, 2.24) is 0 Å². The quantitative estimate of drug-likeness (QED) is 0.853. The van der Waals surface area contributed by atoms with Gasteiger partial charge in [0.25, 0.3) is 0 Å². The van der Waals surface area contributed by atoms with Gasteiger partial charge in [-0.1, -0.05) is 6.07 Å². The van der Waals surface area contributed by atoms with E-state index >= 15 is 0 Å². The number of benzene rings is 2. The summed E-state index contributed by atoms with van der Waals surface area (Å²) in [7, 11) is -4.11. The number of anilines is 2. The third-order valence-electron chi connectivity index (χ3n) is 3.53. The highest BCUT2D eigenvalue weighted by atomic mass is 32.2. The lowest BCUT2D eigenvalue weighted by Crippen LogP contribution is -2.38. The van der Waals surface area contributed by atoms with Gasteiger partial charge >= 0.3 is 0 Å². The Hall–Kier alpha value is -2.88. The first kappa shape index (κ1) is 17.9. The average Bonchev–Trinajstić information content (AvgIpc) is 3.00. The lowest BCUT2D eigenvalue weighted by atomic mass is 10.2. The highest BCUT2D eigenvalue weighted by molar-refractivity contribution is 7.92. The van der Waals surface area contributed by atoms with E-state index in [1.54, 1.807) is 6.07 Å². The molecule has 0 saturated heterocycles. The normalized spacial score (nSPS) is 12.7. The topological polar surface area (TPSA) is 84.9 Å². The molecule has 0 aromatic heterocycles. The number of hydrogen-bond donors (Lipinski definition) is 1. The maximum absolute atomic E-state index is 14.0. The van der Waals surface area contributed by atoms with Crippen LogP contribution in [0.1, 0.15) is 0 Å². The maximum atomic E-state index is 14.0. The summed E-state index contributed by atoms with van der Waals surface area (Å²) in [5, 5.41) is 2.46. The van der Waals surface area contributed by atoms with Crippen LogP contribution in [0.5, 0.6) is 11.5 Å². The monoisotopic (exact) mass is 384 g/mol. The minimum absolute atomic E-state index is 0.0567. The fourth-order valence-corrected chi connectivity index (χ4v) is 3.25. The highest BCUT2D eigenvalue weighted by Crippen LogP contribution is 2.34. The van der Waals surface area contributed by atoms with E-state index in [1.165, 1.54) is 12.1 Å². The molecule has 3 rings (SSSR count). The summed E-state index contributed by atoms with van der Waals surface area (Å²) in [6.07, 6.45) is 0.757. The number of carbonyl (C=O) groups is 1. The molecule has 2 aromatic carbocycles. The van der Waals surface area contributed by atoms with Crippen LogP contribution >= 0.6 is 0 Å². The highest BCUT2D eigenvalue weighted by Gasteiger charge is 2.27. The van der Waals surface area contributed by atoms with Gasteiger partial charge in [0.05, 0.1) is 6.26 Å². The van der Waals surface area contributed by atoms with Crippen molar-refractivity contribution in [1.29, 1.82) is 0 Å². The van der Waals surface area contributed by atoms with Crippen LogP contribution in [-0.4, -0.2) is 33.9 Å². The van der Waals surface area contributed by atoms with Crippen molar-refractivity contribution in [3.63, 3.8) is 0 Å². The van der Waals surface area contributed by atoms with Crippen molar-refractivity contribution in [2.75, 3.05) is 29.2 Å². The third kappa shape index (κ3) is 3.69. The van der Waals surface area contributed by atoms with Gasteiger partial charge in [-0.25, -0.2) is 17.2 Å². The van der Waals surface area contributed by atoms with E-state index in [1.807, 2.05) is 0 Å². The summed E-state index contributed by atoms with van der Waals surface area (Å²) < 4.78 is 62.5. The Morgan fingerprint density at radius 1 is 1.15 bits per heavy atom. The molecule has 7 nitrogen and oxygen atoms in total. The van der Waals surface area contributed by atoms with Gasteiger partial charge in [0.1, 0.15) is 12.2 Å². The van der Waals surface area contributed by atoms with Crippen LogP contribution in [0.2, 0.25) is 0 Å². The molecular formula is C16H14F2N2O5S. The Bertz CT molecular complexity index is 945. The van der Waals surface area contributed by atoms with Gasteiger partial charge in [0, 0.05) is 11.8 Å². The van der Waals surface area contributed by atoms with Crippen LogP contribution in [-0.2, 0) is 14.8 Å². The molecule has 0 radical (unpaired) electrons. The SMILES string of the molecule is CS(=O)(=O)N(CC(=O)Nc1ccc2c(c1)OCO2)c1c(F)cccc1F. The first-order chi connectivity index (χ1) is 12.3. The number of sulfonamides is 1. The molecule has 0 aliphatic carbocycles. The predicted octanol–water partition coefficient (Wildman–Crippen LogP) is 2.10. The fourth-order valence-electron chi connectivity index (χ4n) is 2.39. The van der Waals surface area contributed by atoms with Gasteiger partial charge in [-0.15, -0.1) is 0 Å². The number of carbonyl (C=O) groups excluding carboxylic acids is 1. The second-order valence-corrected chi connectivity index (χ2v) is 7.36. The fraction of sp³-hybridized carbons (Fsp3) is 0.188. The summed E-state index contributed by atoms with van der Waals surface area (Å²) in [6, 6.07) is 7.51. The molecule has 0 fully saturated rings. The van der Waals surface area contributed by atoms with Crippen LogP contribution in [0.25, 0.3) is 0 Å². The predicted molar refractivity (Wildman–Crippen MR) is 89.7 cm³/mol. The number of fused-ring (bicyclic) bond motifs is 1. The Morgan fingerprint density at radius 2 is 1.81 bits per heavy atom. The minimum Gasteiger partial charge on any atom is -0.454 e. The zero-order chi connectivity index (χ0) is 18.9. The molecule has 138 valence electrons. The van der Waals surface area contributed by atoms with Crippen molar-refractivity contribution in [2.45, 2.75) is 0 Å². The molecular weight excluding hydrogens is 370 g/mol. The largest absolute Gasteiger partial charge is 0.454 e. The van der Waals surface area contributed by atoms with Crippen molar-refractivity contribution >= 4 is 27.3 Å². The first-order valence-corrected chi connectivity index (χ1v) is 9.22. The average molecular weight is 384 g/mol. The Labute approximate surface area is 148 Å². The van der Waals surface area contributed by atoms with Crippen LogP contribution in [0.3, 0.4) is 0 Å². The number of amides is 1. The van der Waals surface area contributed by atoms with E-state index in [4.69, 9.17) is 9.47 Å². The van der Waals surface area contributed by atoms with Gasteiger partial charge in [-0.3, -0.25) is 9.10 Å². The number of nitrogens with one attached hydrogen (secondary N) is 1. The Kier molecular flexibility index (Phi) is 4.68. The first-order valence-electron chi connectivity index (χ1n) is 7.37. The molecule has 0 spiro atoms. The molecule has 2 aromatic rings. The van der Waals surface area contributed by atoms with Crippen molar-refractivity contribution in [3.05, 3.63) is 48.0 Å². The van der Waals surface area contributed by atoms with Gasteiger partial charge in [-0.2, -0.15) is 0 Å². The van der Waals surface area contributed by atoms with Crippen LogP contribution in [0, 0.1) is 11.6 Å². The zero-order valence-electron chi connectivity index (χ0n) is 13.5. The third-order valence-corrected chi connectivity index (χ3v) is 4.64. The second kappa shape index (κ2) is 6.79. The number of para-hydroxylation sites is 1. The van der Waals surface area contributed by atoms with E-state index in [2.05, 4.69) is 5.32 Å². The second-order valence-electron chi connectivity index (χ2n) is 5.46. The molecule has 0 atom stereocenters. The number of rotatable bonds is 5. The van der Waals surface area contributed by atoms with Gasteiger partial charge < -0.3 is 14.8 Å². The summed E-state index contributed by atoms with van der Waals surface area (Å²) in [5.74, 6) is -2.04. The number of ether oxygens (including phenoxy) is 2. The number of nitrogens with zero attached hydrogens (tertiary/aromatic N) is 1. The van der Waals surface area contributed by atoms with E-state index in [-0.39, 0.29) is 6.79 Å². The molecule has 26 heavy (non-hydrogen) atoms. The molecule has 0 bridgehead atoms. The van der Waals surface area contributed by atoms with Crippen LogP contribution in [0.4, 0.5) is 20.2 Å². The standard InChI is InChI=1S/C16H14F2N2O5S/c1-26(22,23)20(16-11(17)3-2-4-12(16)18)8-15(21)19-10-5-6-13-14(7-10)25-9-24-13/h2-7H,8-9H2,1H3,(H,19,21). The summed E-state index contributed by atoms with van der Waals surface area (Å²) >= 11 is 0. The lowest BCUT2D eigenvalue weighted by Gasteiger charge is -2.22. The summed E-state index contributed by atoms with van der Waals surface area (Å²) in [6.45, 7) is -0.744. The lowest BCUT2D eigenvalue weighted by molar-refractivity contribution is -0.114. The summed E-state index contributed by atoms with van der Waals surface area (Å²) in [4.78, 5) is 12.2. The van der Waals surface area contributed by atoms with Crippen molar-refractivity contribution < 1.29 is 31.5 Å². The molecule has 0 unspecified atom stereocenters. The Balaban J connectivity index is 1.82. The molecule has 0 saturated carbocycles. The van der Waals surface area contributed by atoms with Gasteiger partial charge in [0.15, 0.2) is 23.1 Å². The summed E-state index contributed by atoms with van der Waals surface area (Å²) in [5.41, 5.74) is -0.488. The molecule has 1 aliphatic rings. The molecule has 1 N–H and O–H groups in total. The minimum atomic E-state index is -4.11. The number of halogens is 2. The van der Waals surface area contributed by atoms with Crippen molar-refractivity contribution in [2.24, 2.45) is 0 Å². The maximum Gasteiger partial charge on any atom is 0.245 e. The molecule has 1 heterocycles. The van der Waals surface area contributed by atoms with Gasteiger partial charge in [0.2, 0.25) is 22.7 Å². The Morgan fingerprint density at radius 3 is 2.46 bits per heavy atom. The zero-order valence-corrected chi connectivity index (χ0v) is 14.3. The number of hydrogen-bond acceptors (Lipinski definition) is 5. The van der Waals surface area contributed by atoms with Crippen LogP contribution < -0.4 is 19.1 Å².